The summed E-state index contributed by atoms with van der Waals surface area (Å²) in [6.07, 6.45) is 8.47. The summed E-state index contributed by atoms with van der Waals surface area (Å²) in [5.74, 6) is 1.35. The minimum absolute atomic E-state index is 0. The number of aromatic nitrogens is 2. The Bertz CT molecular complexity index is 380. The number of nitrogens with zero attached hydrogens (tertiary/aromatic N) is 2. The largest absolute Gasteiger partial charge is 0.354 e. The van der Waals surface area contributed by atoms with Crippen LogP contribution in [0.2, 0.25) is 0 Å². The van der Waals surface area contributed by atoms with Gasteiger partial charge in [0.15, 0.2) is 0 Å². The molecule has 1 saturated heterocycles. The molecule has 0 radical (unpaired) electrons. The van der Waals surface area contributed by atoms with Crippen molar-refractivity contribution in [3.8, 4) is 0 Å². The molecule has 1 unspecified atom stereocenters. The van der Waals surface area contributed by atoms with Crippen molar-refractivity contribution in [2.24, 2.45) is 11.8 Å². The average molecular weight is 337 g/mol. The molecule has 0 spiro atoms. The van der Waals surface area contributed by atoms with Gasteiger partial charge in [-0.1, -0.05) is 6.92 Å². The van der Waals surface area contributed by atoms with Gasteiger partial charge in [0.2, 0.25) is 5.91 Å². The lowest BCUT2D eigenvalue weighted by Crippen LogP contribution is -2.34. The zero-order valence-corrected chi connectivity index (χ0v) is 14.1. The number of nitrogens with one attached hydrogen (secondary N) is 2. The number of hydrogen-bond acceptors (Lipinski definition) is 3. The lowest BCUT2D eigenvalue weighted by Gasteiger charge is -2.27. The standard InChI is InChI=1S/C14H24N4O.2ClH/c1-12(13-2-4-15-5-3-13)10-14(19)17-7-9-18-8-6-16-11-18;;/h6,8,11-13,15H,2-5,7,9-10H2,1H3,(H,17,19);2*1H. The zero-order chi connectivity index (χ0) is 13.5. The van der Waals surface area contributed by atoms with Crippen LogP contribution in [0.1, 0.15) is 26.2 Å². The van der Waals surface area contributed by atoms with Crippen molar-refractivity contribution in [3.63, 3.8) is 0 Å². The van der Waals surface area contributed by atoms with Crippen molar-refractivity contribution < 1.29 is 4.79 Å². The first-order valence-electron chi connectivity index (χ1n) is 7.19. The van der Waals surface area contributed by atoms with E-state index in [0.717, 1.165) is 19.6 Å². The number of amides is 1. The summed E-state index contributed by atoms with van der Waals surface area (Å²) in [4.78, 5) is 15.8. The first kappa shape index (κ1) is 20.2. The number of piperidine rings is 1. The molecule has 2 N–H and O–H groups in total. The van der Waals surface area contributed by atoms with Gasteiger partial charge < -0.3 is 15.2 Å². The van der Waals surface area contributed by atoms with Crippen molar-refractivity contribution in [3.05, 3.63) is 18.7 Å². The molecule has 1 atom stereocenters. The fourth-order valence-corrected chi connectivity index (χ4v) is 2.69. The van der Waals surface area contributed by atoms with Gasteiger partial charge in [0, 0.05) is 31.9 Å². The number of hydrogen-bond donors (Lipinski definition) is 2. The Balaban J connectivity index is 0.00000200. The lowest BCUT2D eigenvalue weighted by atomic mass is 9.84. The van der Waals surface area contributed by atoms with Gasteiger partial charge in [-0.25, -0.2) is 4.98 Å². The Morgan fingerprint density at radius 3 is 2.76 bits per heavy atom. The third-order valence-electron chi connectivity index (χ3n) is 3.95. The highest BCUT2D eigenvalue weighted by Gasteiger charge is 2.21. The van der Waals surface area contributed by atoms with E-state index in [4.69, 9.17) is 0 Å². The van der Waals surface area contributed by atoms with Crippen LogP contribution >= 0.6 is 24.8 Å². The molecule has 7 heteroatoms. The maximum atomic E-state index is 11.9. The number of carbonyl (C=O) groups excluding carboxylic acids is 1. The van der Waals surface area contributed by atoms with E-state index in [0.29, 0.717) is 24.8 Å². The summed E-state index contributed by atoms with van der Waals surface area (Å²) in [5.41, 5.74) is 0. The first-order chi connectivity index (χ1) is 9.25. The second-order valence-electron chi connectivity index (χ2n) is 5.42. The van der Waals surface area contributed by atoms with Crippen LogP contribution in [0.4, 0.5) is 0 Å². The summed E-state index contributed by atoms with van der Waals surface area (Å²) >= 11 is 0. The summed E-state index contributed by atoms with van der Waals surface area (Å²) in [7, 11) is 0. The SMILES string of the molecule is CC(CC(=O)NCCn1ccnc1)C1CCNCC1.Cl.Cl. The summed E-state index contributed by atoms with van der Waals surface area (Å²) in [6.45, 7) is 5.85. The Morgan fingerprint density at radius 2 is 2.14 bits per heavy atom. The smallest absolute Gasteiger partial charge is 0.220 e. The van der Waals surface area contributed by atoms with Gasteiger partial charge in [0.05, 0.1) is 6.33 Å². The topological polar surface area (TPSA) is 59.0 Å². The van der Waals surface area contributed by atoms with Crippen LogP contribution in [-0.2, 0) is 11.3 Å². The molecule has 122 valence electrons. The highest BCUT2D eigenvalue weighted by atomic mass is 35.5. The fraction of sp³-hybridized carbons (Fsp3) is 0.714. The van der Waals surface area contributed by atoms with Gasteiger partial charge in [-0.2, -0.15) is 0 Å². The van der Waals surface area contributed by atoms with E-state index in [1.54, 1.807) is 12.5 Å². The first-order valence-corrected chi connectivity index (χ1v) is 7.19. The van der Waals surface area contributed by atoms with Gasteiger partial charge in [-0.05, 0) is 37.8 Å². The molecule has 2 heterocycles. The van der Waals surface area contributed by atoms with E-state index in [1.807, 2.05) is 10.8 Å². The molecule has 21 heavy (non-hydrogen) atoms. The van der Waals surface area contributed by atoms with E-state index in [9.17, 15) is 4.79 Å². The molecule has 0 aromatic carbocycles. The second kappa shape index (κ2) is 10.9. The monoisotopic (exact) mass is 336 g/mol. The van der Waals surface area contributed by atoms with Gasteiger partial charge in [0.1, 0.15) is 0 Å². The molecule has 0 saturated carbocycles. The maximum Gasteiger partial charge on any atom is 0.220 e. The molecule has 1 fully saturated rings. The predicted octanol–water partition coefficient (Wildman–Crippen LogP) is 1.87. The molecule has 1 aromatic rings. The van der Waals surface area contributed by atoms with Crippen LogP contribution in [-0.4, -0.2) is 35.1 Å². The van der Waals surface area contributed by atoms with E-state index in [-0.39, 0.29) is 30.7 Å². The Hall–Kier alpha value is -0.780. The van der Waals surface area contributed by atoms with Crippen LogP contribution in [0.15, 0.2) is 18.7 Å². The molecular weight excluding hydrogens is 311 g/mol. The molecule has 0 aliphatic carbocycles. The Kier molecular flexibility index (Phi) is 10.5. The minimum Gasteiger partial charge on any atom is -0.354 e. The minimum atomic E-state index is 0. The molecule has 0 bridgehead atoms. The van der Waals surface area contributed by atoms with Crippen LogP contribution in [0, 0.1) is 11.8 Å². The Labute approximate surface area is 139 Å². The molecular formula is C14H26Cl2N4O. The van der Waals surface area contributed by atoms with Crippen molar-refractivity contribution in [1.82, 2.24) is 20.2 Å². The summed E-state index contributed by atoms with van der Waals surface area (Å²) in [5, 5.41) is 6.35. The van der Waals surface area contributed by atoms with Gasteiger partial charge in [0.25, 0.3) is 0 Å². The van der Waals surface area contributed by atoms with Crippen LogP contribution < -0.4 is 10.6 Å². The van der Waals surface area contributed by atoms with Crippen molar-refractivity contribution in [2.75, 3.05) is 19.6 Å². The predicted molar refractivity (Wildman–Crippen MR) is 89.1 cm³/mol. The van der Waals surface area contributed by atoms with Gasteiger partial charge in [-0.15, -0.1) is 24.8 Å². The highest BCUT2D eigenvalue weighted by molar-refractivity contribution is 5.85. The van der Waals surface area contributed by atoms with Crippen LogP contribution in [0.5, 0.6) is 0 Å². The van der Waals surface area contributed by atoms with Gasteiger partial charge in [-0.3, -0.25) is 4.79 Å². The van der Waals surface area contributed by atoms with Crippen molar-refractivity contribution >= 4 is 30.7 Å². The Morgan fingerprint density at radius 1 is 1.43 bits per heavy atom. The van der Waals surface area contributed by atoms with E-state index in [2.05, 4.69) is 22.5 Å². The third kappa shape index (κ3) is 7.16. The quantitative estimate of drug-likeness (QED) is 0.833. The van der Waals surface area contributed by atoms with E-state index < -0.39 is 0 Å². The van der Waals surface area contributed by atoms with Crippen molar-refractivity contribution in [2.45, 2.75) is 32.7 Å². The normalized spacial score (nSPS) is 16.4. The number of halogens is 2. The molecule has 1 aromatic heterocycles. The maximum absolute atomic E-state index is 11.9. The molecule has 1 aliphatic rings. The number of rotatable bonds is 6. The number of carbonyl (C=O) groups is 1. The summed E-state index contributed by atoms with van der Waals surface area (Å²) in [6, 6.07) is 0. The van der Waals surface area contributed by atoms with E-state index in [1.165, 1.54) is 12.8 Å². The van der Waals surface area contributed by atoms with Crippen LogP contribution in [0.25, 0.3) is 0 Å². The third-order valence-corrected chi connectivity index (χ3v) is 3.95. The average Bonchev–Trinajstić information content (AvgIpc) is 2.93. The lowest BCUT2D eigenvalue weighted by molar-refractivity contribution is -0.122. The fourth-order valence-electron chi connectivity index (χ4n) is 2.69. The number of imidazole rings is 1. The van der Waals surface area contributed by atoms with E-state index >= 15 is 0 Å². The molecule has 1 amide bonds. The zero-order valence-electron chi connectivity index (χ0n) is 12.5. The van der Waals surface area contributed by atoms with Crippen molar-refractivity contribution in [1.29, 1.82) is 0 Å². The molecule has 5 nitrogen and oxygen atoms in total. The molecule has 1 aliphatic heterocycles. The molecule has 2 rings (SSSR count). The second-order valence-corrected chi connectivity index (χ2v) is 5.42. The summed E-state index contributed by atoms with van der Waals surface area (Å²) < 4.78 is 1.97. The van der Waals surface area contributed by atoms with Gasteiger partial charge >= 0.3 is 0 Å². The van der Waals surface area contributed by atoms with Crippen LogP contribution in [0.3, 0.4) is 0 Å². The highest BCUT2D eigenvalue weighted by Crippen LogP contribution is 2.23.